The molecule has 1 aromatic heterocycles. The molecule has 1 aliphatic heterocycles. The van der Waals surface area contributed by atoms with Crippen LogP contribution in [0.4, 0.5) is 21.5 Å². The molecular weight excluding hydrogens is 423 g/mol. The van der Waals surface area contributed by atoms with Crippen molar-refractivity contribution in [2.75, 3.05) is 29.9 Å². The first kappa shape index (κ1) is 24.2. The number of aliphatic carboxylic acids is 1. The van der Waals surface area contributed by atoms with Crippen LogP contribution in [0, 0.1) is 0 Å². The van der Waals surface area contributed by atoms with E-state index in [1.165, 1.54) is 0 Å². The molecule has 1 unspecified atom stereocenters. The maximum absolute atomic E-state index is 15.2. The Morgan fingerprint density at radius 3 is 2.64 bits per heavy atom. The monoisotopic (exact) mass is 454 g/mol. The van der Waals surface area contributed by atoms with Gasteiger partial charge in [0, 0.05) is 0 Å². The highest BCUT2D eigenvalue weighted by molar-refractivity contribution is 5.78. The molecule has 2 N–H and O–H groups in total. The highest BCUT2D eigenvalue weighted by Crippen LogP contribution is 2.41. The smallest absolute Gasteiger partial charge is 0.316 e. The number of anilines is 3. The first-order valence-corrected chi connectivity index (χ1v) is 11.1. The van der Waals surface area contributed by atoms with Crippen molar-refractivity contribution in [3.05, 3.63) is 60.5 Å². The van der Waals surface area contributed by atoms with Crippen LogP contribution in [0.2, 0.25) is 0 Å². The third-order valence-electron chi connectivity index (χ3n) is 5.75. The number of nitrogens with one attached hydrogen (secondary N) is 1. The molecule has 0 bridgehead atoms. The molecule has 33 heavy (non-hydrogen) atoms. The fourth-order valence-electron chi connectivity index (χ4n) is 3.91. The first-order valence-electron chi connectivity index (χ1n) is 11.1. The predicted molar refractivity (Wildman–Crippen MR) is 128 cm³/mol. The number of nitrogens with zero attached hydrogens (tertiary/aromatic N) is 3. The van der Waals surface area contributed by atoms with Crippen molar-refractivity contribution < 1.29 is 19.0 Å². The largest absolute Gasteiger partial charge is 0.481 e. The van der Waals surface area contributed by atoms with Crippen LogP contribution in [0.3, 0.4) is 0 Å². The second-order valence-corrected chi connectivity index (χ2v) is 8.14. The number of allylic oxidation sites excluding steroid dienone is 2. The number of hydrogen-bond donors (Lipinski definition) is 2. The van der Waals surface area contributed by atoms with Gasteiger partial charge in [-0.3, -0.25) is 4.79 Å². The Morgan fingerprint density at radius 1 is 1.36 bits per heavy atom. The Morgan fingerprint density at radius 2 is 2.06 bits per heavy atom. The molecule has 0 amide bonds. The number of halogens is 1. The molecule has 8 heteroatoms. The summed E-state index contributed by atoms with van der Waals surface area (Å²) in [7, 11) is 0. The number of benzene rings is 1. The number of alkyl halides is 1. The van der Waals surface area contributed by atoms with E-state index in [-0.39, 0.29) is 31.4 Å². The molecule has 3 rings (SSSR count). The van der Waals surface area contributed by atoms with Gasteiger partial charge in [-0.15, -0.1) is 0 Å². The SMILES string of the molecule is C=C(/C=C\C)C1(F)CN(c2ccc(C(CC)CC(=O)O)cc2Nc2cnc(OCC)nc2)C1. The zero-order valence-electron chi connectivity index (χ0n) is 19.3. The molecule has 2 aromatic rings. The molecule has 1 atom stereocenters. The third kappa shape index (κ3) is 5.69. The molecule has 1 saturated heterocycles. The van der Waals surface area contributed by atoms with Crippen LogP contribution in [0.5, 0.6) is 6.01 Å². The Bertz CT molecular complexity index is 1020. The summed E-state index contributed by atoms with van der Waals surface area (Å²) in [6.45, 7) is 10.4. The minimum absolute atomic E-state index is 0.0436. The van der Waals surface area contributed by atoms with Crippen molar-refractivity contribution in [1.82, 2.24) is 9.97 Å². The molecule has 176 valence electrons. The minimum Gasteiger partial charge on any atom is -0.481 e. The van der Waals surface area contributed by atoms with E-state index in [4.69, 9.17) is 4.74 Å². The summed E-state index contributed by atoms with van der Waals surface area (Å²) in [5, 5.41) is 12.6. The van der Waals surface area contributed by atoms with Crippen LogP contribution < -0.4 is 15.0 Å². The van der Waals surface area contributed by atoms with Crippen LogP contribution in [-0.4, -0.2) is 46.4 Å². The van der Waals surface area contributed by atoms with E-state index in [1.807, 2.05) is 43.9 Å². The van der Waals surface area contributed by atoms with E-state index in [9.17, 15) is 9.90 Å². The van der Waals surface area contributed by atoms with Crippen molar-refractivity contribution in [3.8, 4) is 6.01 Å². The molecule has 0 aliphatic carbocycles. The zero-order valence-corrected chi connectivity index (χ0v) is 19.3. The molecular formula is C25H31FN4O3. The fraction of sp³-hybridized carbons (Fsp3) is 0.400. The van der Waals surface area contributed by atoms with Crippen molar-refractivity contribution >= 4 is 23.0 Å². The summed E-state index contributed by atoms with van der Waals surface area (Å²) in [4.78, 5) is 21.6. The normalized spacial score (nSPS) is 15.7. The van der Waals surface area contributed by atoms with E-state index in [0.29, 0.717) is 24.3 Å². The molecule has 1 aliphatic rings. The Hall–Kier alpha value is -3.42. The molecule has 1 fully saturated rings. The van der Waals surface area contributed by atoms with Gasteiger partial charge in [0.1, 0.15) is 0 Å². The lowest BCUT2D eigenvalue weighted by atomic mass is 9.87. The summed E-state index contributed by atoms with van der Waals surface area (Å²) in [5.41, 5.74) is 2.10. The van der Waals surface area contributed by atoms with Crippen molar-refractivity contribution in [2.45, 2.75) is 45.2 Å². The van der Waals surface area contributed by atoms with Gasteiger partial charge in [-0.05, 0) is 49.5 Å². The molecule has 2 heterocycles. The Kier molecular flexibility index (Phi) is 7.68. The predicted octanol–water partition coefficient (Wildman–Crippen LogP) is 5.25. The maximum atomic E-state index is 15.2. The lowest BCUT2D eigenvalue weighted by molar-refractivity contribution is -0.137. The van der Waals surface area contributed by atoms with Gasteiger partial charge in [-0.1, -0.05) is 31.7 Å². The van der Waals surface area contributed by atoms with Crippen molar-refractivity contribution in [1.29, 1.82) is 0 Å². The Balaban J connectivity index is 1.90. The highest BCUT2D eigenvalue weighted by atomic mass is 19.1. The van der Waals surface area contributed by atoms with Crippen LogP contribution in [0.15, 0.2) is 54.9 Å². The molecule has 7 nitrogen and oxygen atoms in total. The summed E-state index contributed by atoms with van der Waals surface area (Å²) >= 11 is 0. The average Bonchev–Trinajstić information content (AvgIpc) is 2.77. The number of aromatic nitrogens is 2. The van der Waals surface area contributed by atoms with E-state index in [0.717, 1.165) is 16.9 Å². The van der Waals surface area contributed by atoms with Crippen molar-refractivity contribution in [3.63, 3.8) is 0 Å². The maximum Gasteiger partial charge on any atom is 0.316 e. The van der Waals surface area contributed by atoms with Gasteiger partial charge in [0.15, 0.2) is 5.67 Å². The average molecular weight is 455 g/mol. The summed E-state index contributed by atoms with van der Waals surface area (Å²) in [6, 6.07) is 6.06. The first-order chi connectivity index (χ1) is 15.8. The van der Waals surface area contributed by atoms with Gasteiger partial charge in [-0.2, -0.15) is 0 Å². The topological polar surface area (TPSA) is 87.6 Å². The zero-order chi connectivity index (χ0) is 24.0. The van der Waals surface area contributed by atoms with E-state index < -0.39 is 11.6 Å². The fourth-order valence-corrected chi connectivity index (χ4v) is 3.91. The van der Waals surface area contributed by atoms with Crippen LogP contribution >= 0.6 is 0 Å². The number of carboxylic acid groups (broad SMARTS) is 1. The van der Waals surface area contributed by atoms with Gasteiger partial charge in [-0.25, -0.2) is 14.4 Å². The summed E-state index contributed by atoms with van der Waals surface area (Å²) in [6.07, 6.45) is 7.46. The van der Waals surface area contributed by atoms with Gasteiger partial charge >= 0.3 is 12.0 Å². The van der Waals surface area contributed by atoms with Crippen LogP contribution in [0.1, 0.15) is 45.1 Å². The molecule has 1 aromatic carbocycles. The quantitative estimate of drug-likeness (QED) is 0.449. The summed E-state index contributed by atoms with van der Waals surface area (Å²) < 4.78 is 20.5. The lowest BCUT2D eigenvalue weighted by Crippen LogP contribution is -2.60. The Labute approximate surface area is 194 Å². The third-order valence-corrected chi connectivity index (χ3v) is 5.75. The number of carboxylic acids is 1. The van der Waals surface area contributed by atoms with Crippen molar-refractivity contribution in [2.24, 2.45) is 0 Å². The van der Waals surface area contributed by atoms with E-state index in [2.05, 4.69) is 21.9 Å². The van der Waals surface area contributed by atoms with Crippen LogP contribution in [-0.2, 0) is 4.79 Å². The second-order valence-electron chi connectivity index (χ2n) is 8.14. The van der Waals surface area contributed by atoms with Gasteiger partial charge in [0.05, 0.1) is 55.6 Å². The number of hydrogen-bond acceptors (Lipinski definition) is 6. The summed E-state index contributed by atoms with van der Waals surface area (Å²) in [5.74, 6) is -0.965. The second kappa shape index (κ2) is 10.5. The lowest BCUT2D eigenvalue weighted by Gasteiger charge is -2.47. The van der Waals surface area contributed by atoms with Crippen LogP contribution in [0.25, 0.3) is 0 Å². The standard InChI is InChI=1S/C25H31FN4O3/c1-5-8-17(4)25(26)15-30(16-25)22-10-9-19(18(6-2)12-23(31)32)11-21(22)29-20-13-27-24(28-14-20)33-7-3/h5,8-11,13-14,18,29H,4,6-7,12,15-16H2,1-3H3,(H,31,32)/b8-5-. The molecule has 0 spiro atoms. The number of ether oxygens (including phenoxy) is 1. The number of carbonyl (C=O) groups is 1. The van der Waals surface area contributed by atoms with Gasteiger partial charge < -0.3 is 20.1 Å². The van der Waals surface area contributed by atoms with E-state index >= 15 is 4.39 Å². The number of rotatable bonds is 11. The molecule has 0 saturated carbocycles. The van der Waals surface area contributed by atoms with Gasteiger partial charge in [0.25, 0.3) is 0 Å². The highest BCUT2D eigenvalue weighted by Gasteiger charge is 2.45. The van der Waals surface area contributed by atoms with Gasteiger partial charge in [0.2, 0.25) is 0 Å². The minimum atomic E-state index is -1.47. The molecule has 0 radical (unpaired) electrons. The van der Waals surface area contributed by atoms with E-state index in [1.54, 1.807) is 24.5 Å².